The van der Waals surface area contributed by atoms with Crippen molar-refractivity contribution in [1.82, 2.24) is 0 Å². The van der Waals surface area contributed by atoms with Gasteiger partial charge in [-0.25, -0.2) is 0 Å². The van der Waals surface area contributed by atoms with Gasteiger partial charge in [0.05, 0.1) is 0 Å². The zero-order valence-corrected chi connectivity index (χ0v) is 10.8. The Morgan fingerprint density at radius 2 is 2.07 bits per heavy atom. The van der Waals surface area contributed by atoms with E-state index in [1.165, 1.54) is 25.9 Å². The van der Waals surface area contributed by atoms with Gasteiger partial charge in [-0.15, -0.1) is 11.3 Å². The normalized spacial score (nSPS) is 11.4. The maximum atomic E-state index is 3.50. The van der Waals surface area contributed by atoms with Crippen LogP contribution in [0.5, 0.6) is 0 Å². The summed E-state index contributed by atoms with van der Waals surface area (Å²) in [6.45, 7) is 4.53. The molecule has 74 valence electrons. The van der Waals surface area contributed by atoms with Crippen molar-refractivity contribution in [1.29, 1.82) is 0 Å². The minimum absolute atomic E-state index is 0.742. The van der Waals surface area contributed by atoms with Crippen LogP contribution in [-0.2, 0) is 6.42 Å². The molecule has 0 bridgehead atoms. The van der Waals surface area contributed by atoms with Gasteiger partial charge in [-0.3, -0.25) is 0 Å². The summed E-state index contributed by atoms with van der Waals surface area (Å²) in [6, 6.07) is 8.80. The Balaban J connectivity index is 2.41. The minimum atomic E-state index is 0.742. The molecule has 0 aliphatic rings. The largest absolute Gasteiger partial charge is 0.140 e. The van der Waals surface area contributed by atoms with Crippen molar-refractivity contribution in [3.05, 3.63) is 33.6 Å². The van der Waals surface area contributed by atoms with Crippen molar-refractivity contribution in [2.75, 3.05) is 0 Å². The lowest BCUT2D eigenvalue weighted by Crippen LogP contribution is -1.89. The number of hydrogen-bond acceptors (Lipinski definition) is 1. The molecule has 0 atom stereocenters. The summed E-state index contributed by atoms with van der Waals surface area (Å²) in [5.74, 6) is 0.742. The highest BCUT2D eigenvalue weighted by molar-refractivity contribution is 9.10. The Bertz CT molecular complexity index is 443. The van der Waals surface area contributed by atoms with E-state index in [1.807, 2.05) is 11.3 Å². The monoisotopic (exact) mass is 268 g/mol. The summed E-state index contributed by atoms with van der Waals surface area (Å²) in [5.41, 5.74) is 0. The first-order valence-corrected chi connectivity index (χ1v) is 6.44. The lowest BCUT2D eigenvalue weighted by Gasteiger charge is -1.98. The molecular formula is C12H13BrS. The average molecular weight is 269 g/mol. The Morgan fingerprint density at radius 3 is 2.79 bits per heavy atom. The van der Waals surface area contributed by atoms with Crippen LogP contribution < -0.4 is 0 Å². The molecule has 2 rings (SSSR count). The van der Waals surface area contributed by atoms with E-state index in [1.54, 1.807) is 0 Å². The molecule has 1 aromatic heterocycles. The van der Waals surface area contributed by atoms with Gasteiger partial charge in [0.1, 0.15) is 0 Å². The minimum Gasteiger partial charge on any atom is -0.140 e. The molecule has 1 aromatic carbocycles. The van der Waals surface area contributed by atoms with Crippen LogP contribution in [0.4, 0.5) is 0 Å². The highest BCUT2D eigenvalue weighted by Crippen LogP contribution is 2.29. The summed E-state index contributed by atoms with van der Waals surface area (Å²) in [4.78, 5) is 1.49. The number of halogens is 1. The van der Waals surface area contributed by atoms with Crippen molar-refractivity contribution in [2.24, 2.45) is 5.92 Å². The number of rotatable bonds is 2. The molecule has 14 heavy (non-hydrogen) atoms. The quantitative estimate of drug-likeness (QED) is 0.730. The molecule has 0 aliphatic heterocycles. The molecule has 0 saturated heterocycles. The molecule has 0 radical (unpaired) electrons. The van der Waals surface area contributed by atoms with Gasteiger partial charge in [0.2, 0.25) is 0 Å². The fraction of sp³-hybridized carbons (Fsp3) is 0.333. The highest BCUT2D eigenvalue weighted by Gasteiger charge is 2.03. The van der Waals surface area contributed by atoms with E-state index in [2.05, 4.69) is 54.0 Å². The second kappa shape index (κ2) is 4.03. The molecule has 1 heterocycles. The van der Waals surface area contributed by atoms with Gasteiger partial charge in [-0.05, 0) is 35.9 Å². The average Bonchev–Trinajstić information content (AvgIpc) is 2.44. The molecule has 0 aliphatic carbocycles. The lowest BCUT2D eigenvalue weighted by molar-refractivity contribution is 0.654. The highest BCUT2D eigenvalue weighted by atomic mass is 79.9. The van der Waals surface area contributed by atoms with E-state index < -0.39 is 0 Å². The van der Waals surface area contributed by atoms with Crippen LogP contribution in [0.15, 0.2) is 28.7 Å². The van der Waals surface area contributed by atoms with Gasteiger partial charge < -0.3 is 0 Å². The van der Waals surface area contributed by atoms with E-state index in [0.717, 1.165) is 5.92 Å². The third-order valence-electron chi connectivity index (χ3n) is 2.14. The summed E-state index contributed by atoms with van der Waals surface area (Å²) in [6.07, 6.45) is 1.19. The first kappa shape index (κ1) is 10.2. The number of benzene rings is 1. The predicted molar refractivity (Wildman–Crippen MR) is 68.1 cm³/mol. The number of fused-ring (bicyclic) bond motifs is 1. The van der Waals surface area contributed by atoms with Crippen LogP contribution in [0.25, 0.3) is 10.1 Å². The first-order chi connectivity index (χ1) is 6.65. The maximum absolute atomic E-state index is 3.50. The molecule has 0 fully saturated rings. The number of thiophene rings is 1. The standard InChI is InChI=1S/C12H13BrS/c1-8(2)5-11-6-9-3-4-10(13)7-12(9)14-11/h3-4,6-8H,5H2,1-2H3. The SMILES string of the molecule is CC(C)Cc1cc2ccc(Br)cc2s1. The Morgan fingerprint density at radius 1 is 1.29 bits per heavy atom. The van der Waals surface area contributed by atoms with Crippen LogP contribution in [-0.4, -0.2) is 0 Å². The van der Waals surface area contributed by atoms with Crippen molar-refractivity contribution < 1.29 is 0 Å². The van der Waals surface area contributed by atoms with E-state index in [0.29, 0.717) is 0 Å². The lowest BCUT2D eigenvalue weighted by atomic mass is 10.1. The van der Waals surface area contributed by atoms with Crippen LogP contribution in [0.2, 0.25) is 0 Å². The van der Waals surface area contributed by atoms with Crippen LogP contribution in [0.3, 0.4) is 0 Å². The van der Waals surface area contributed by atoms with Gasteiger partial charge in [-0.2, -0.15) is 0 Å². The zero-order valence-electron chi connectivity index (χ0n) is 8.38. The summed E-state index contributed by atoms with van der Waals surface area (Å²) >= 11 is 5.41. The maximum Gasteiger partial charge on any atom is 0.0356 e. The third kappa shape index (κ3) is 2.18. The fourth-order valence-corrected chi connectivity index (χ4v) is 3.39. The van der Waals surface area contributed by atoms with Crippen molar-refractivity contribution in [2.45, 2.75) is 20.3 Å². The topological polar surface area (TPSA) is 0 Å². The van der Waals surface area contributed by atoms with E-state index in [-0.39, 0.29) is 0 Å². The van der Waals surface area contributed by atoms with Gasteiger partial charge in [-0.1, -0.05) is 35.8 Å². The second-order valence-electron chi connectivity index (χ2n) is 3.99. The van der Waals surface area contributed by atoms with E-state index in [4.69, 9.17) is 0 Å². The molecule has 0 N–H and O–H groups in total. The Labute approximate surface area is 97.1 Å². The summed E-state index contributed by atoms with van der Waals surface area (Å²) in [7, 11) is 0. The van der Waals surface area contributed by atoms with Crippen molar-refractivity contribution in [3.8, 4) is 0 Å². The first-order valence-electron chi connectivity index (χ1n) is 4.83. The van der Waals surface area contributed by atoms with Crippen LogP contribution in [0.1, 0.15) is 18.7 Å². The number of hydrogen-bond donors (Lipinski definition) is 0. The van der Waals surface area contributed by atoms with Gasteiger partial charge in [0.15, 0.2) is 0 Å². The van der Waals surface area contributed by atoms with Gasteiger partial charge in [0, 0.05) is 14.0 Å². The van der Waals surface area contributed by atoms with Crippen LogP contribution >= 0.6 is 27.3 Å². The van der Waals surface area contributed by atoms with E-state index in [9.17, 15) is 0 Å². The molecule has 0 nitrogen and oxygen atoms in total. The molecule has 0 spiro atoms. The fourth-order valence-electron chi connectivity index (χ4n) is 1.56. The Kier molecular flexibility index (Phi) is 2.93. The van der Waals surface area contributed by atoms with Gasteiger partial charge in [0.25, 0.3) is 0 Å². The molecule has 0 amide bonds. The zero-order chi connectivity index (χ0) is 10.1. The van der Waals surface area contributed by atoms with Crippen molar-refractivity contribution >= 4 is 37.4 Å². The predicted octanol–water partition coefficient (Wildman–Crippen LogP) is 4.86. The third-order valence-corrected chi connectivity index (χ3v) is 3.76. The smallest absolute Gasteiger partial charge is 0.0356 e. The van der Waals surface area contributed by atoms with Crippen LogP contribution in [0, 0.1) is 5.92 Å². The summed E-state index contributed by atoms with van der Waals surface area (Å²) < 4.78 is 2.55. The summed E-state index contributed by atoms with van der Waals surface area (Å²) in [5, 5.41) is 1.37. The molecular weight excluding hydrogens is 256 g/mol. The second-order valence-corrected chi connectivity index (χ2v) is 6.08. The molecule has 0 saturated carbocycles. The molecule has 0 unspecified atom stereocenters. The molecule has 2 heteroatoms. The van der Waals surface area contributed by atoms with Crippen molar-refractivity contribution in [3.63, 3.8) is 0 Å². The Hall–Kier alpha value is -0.340. The molecule has 2 aromatic rings. The van der Waals surface area contributed by atoms with E-state index >= 15 is 0 Å². The van der Waals surface area contributed by atoms with Gasteiger partial charge >= 0.3 is 0 Å².